The number of pyridine rings is 1. The molecule has 0 fully saturated rings. The minimum atomic E-state index is -0.347. The number of nitrogens with one attached hydrogen (secondary N) is 1. The average Bonchev–Trinajstić information content (AvgIpc) is 2.61. The van der Waals surface area contributed by atoms with Crippen LogP contribution in [-0.2, 0) is 6.42 Å². The Morgan fingerprint density at radius 2 is 2.08 bits per heavy atom. The van der Waals surface area contributed by atoms with Crippen molar-refractivity contribution < 1.29 is 9.13 Å². The lowest BCUT2D eigenvalue weighted by Crippen LogP contribution is -2.41. The molecule has 0 spiro atoms. The average molecular weight is 472 g/mol. The van der Waals surface area contributed by atoms with Gasteiger partial charge in [-0.1, -0.05) is 12.1 Å². The zero-order valence-electron chi connectivity index (χ0n) is 15.4. The van der Waals surface area contributed by atoms with E-state index < -0.39 is 0 Å². The van der Waals surface area contributed by atoms with Gasteiger partial charge >= 0.3 is 0 Å². The van der Waals surface area contributed by atoms with E-state index in [0.29, 0.717) is 13.2 Å². The molecule has 0 atom stereocenters. The monoisotopic (exact) mass is 472 g/mol. The van der Waals surface area contributed by atoms with E-state index in [4.69, 9.17) is 4.74 Å². The molecular weight excluding hydrogens is 446 g/mol. The lowest BCUT2D eigenvalue weighted by atomic mass is 10.1. The number of aryl methyl sites for hydroxylation is 1. The Morgan fingerprint density at radius 1 is 1.31 bits per heavy atom. The van der Waals surface area contributed by atoms with Gasteiger partial charge in [0.1, 0.15) is 6.61 Å². The summed E-state index contributed by atoms with van der Waals surface area (Å²) in [6.07, 6.45) is 4.58. The van der Waals surface area contributed by atoms with Crippen LogP contribution in [0.25, 0.3) is 0 Å². The normalized spacial score (nSPS) is 10.8. The third-order valence-corrected chi connectivity index (χ3v) is 3.91. The third-order valence-electron chi connectivity index (χ3n) is 3.91. The van der Waals surface area contributed by atoms with Gasteiger partial charge in [-0.2, -0.15) is 0 Å². The molecular formula is C19H26FIN4O. The number of ether oxygens (including phenoxy) is 1. The molecule has 0 amide bonds. The fourth-order valence-corrected chi connectivity index (χ4v) is 2.44. The van der Waals surface area contributed by atoms with Crippen LogP contribution in [0.5, 0.6) is 5.75 Å². The van der Waals surface area contributed by atoms with Gasteiger partial charge in [0.15, 0.2) is 17.5 Å². The van der Waals surface area contributed by atoms with Crippen LogP contribution < -0.4 is 10.1 Å². The van der Waals surface area contributed by atoms with Crippen molar-refractivity contribution in [1.82, 2.24) is 15.2 Å². The first-order chi connectivity index (χ1) is 12.1. The van der Waals surface area contributed by atoms with Crippen molar-refractivity contribution in [3.8, 4) is 5.75 Å². The zero-order chi connectivity index (χ0) is 18.1. The van der Waals surface area contributed by atoms with Crippen LogP contribution in [0.3, 0.4) is 0 Å². The van der Waals surface area contributed by atoms with E-state index >= 15 is 0 Å². The fourth-order valence-electron chi connectivity index (χ4n) is 2.44. The Kier molecular flexibility index (Phi) is 9.93. The molecule has 0 aliphatic carbocycles. The maximum Gasteiger partial charge on any atom is 0.193 e. The zero-order valence-corrected chi connectivity index (χ0v) is 17.7. The number of halogens is 2. The molecule has 0 bridgehead atoms. The number of aromatic nitrogens is 1. The molecule has 0 saturated carbocycles. The number of aliphatic imine (C=N–C) groups is 1. The number of nitrogens with zero attached hydrogens (tertiary/aromatic N) is 3. The second kappa shape index (κ2) is 11.7. The second-order valence-corrected chi connectivity index (χ2v) is 5.73. The number of guanidine groups is 1. The highest BCUT2D eigenvalue weighted by Gasteiger charge is 2.07. The number of benzene rings is 1. The van der Waals surface area contributed by atoms with E-state index in [1.165, 1.54) is 17.2 Å². The molecule has 142 valence electrons. The molecule has 0 saturated heterocycles. The Labute approximate surface area is 171 Å². The Balaban J connectivity index is 0.00000338. The maximum atomic E-state index is 13.5. The van der Waals surface area contributed by atoms with E-state index in [0.717, 1.165) is 18.9 Å². The van der Waals surface area contributed by atoms with Gasteiger partial charge in [0.25, 0.3) is 0 Å². The molecule has 1 aromatic carbocycles. The molecule has 1 N–H and O–H groups in total. The molecule has 0 radical (unpaired) electrons. The van der Waals surface area contributed by atoms with E-state index in [1.807, 2.05) is 30.4 Å². The van der Waals surface area contributed by atoms with E-state index in [2.05, 4.69) is 22.2 Å². The first-order valence-electron chi connectivity index (χ1n) is 8.30. The summed E-state index contributed by atoms with van der Waals surface area (Å²) in [5.41, 5.74) is 2.45. The molecule has 1 aromatic heterocycles. The number of para-hydroxylation sites is 1. The summed E-state index contributed by atoms with van der Waals surface area (Å²) in [6.45, 7) is 3.81. The minimum Gasteiger partial charge on any atom is -0.489 e. The van der Waals surface area contributed by atoms with Crippen LogP contribution in [0.4, 0.5) is 4.39 Å². The number of rotatable bonds is 7. The van der Waals surface area contributed by atoms with Crippen LogP contribution in [0, 0.1) is 12.7 Å². The summed E-state index contributed by atoms with van der Waals surface area (Å²) in [4.78, 5) is 10.3. The molecule has 2 aromatic rings. The summed E-state index contributed by atoms with van der Waals surface area (Å²) < 4.78 is 19.0. The summed E-state index contributed by atoms with van der Waals surface area (Å²) in [5.74, 6) is 0.705. The lowest BCUT2D eigenvalue weighted by molar-refractivity contribution is 0.270. The number of hydrogen-bond acceptors (Lipinski definition) is 3. The van der Waals surface area contributed by atoms with Crippen LogP contribution in [-0.4, -0.2) is 49.6 Å². The maximum absolute atomic E-state index is 13.5. The van der Waals surface area contributed by atoms with Crippen LogP contribution in [0.15, 0.2) is 47.7 Å². The number of likely N-dealkylation sites (N-methyl/N-ethyl adjacent to an activating group) is 1. The molecule has 1 heterocycles. The molecule has 7 heteroatoms. The summed E-state index contributed by atoms with van der Waals surface area (Å²) in [6, 6.07) is 8.44. The van der Waals surface area contributed by atoms with Crippen LogP contribution in [0.1, 0.15) is 11.1 Å². The van der Waals surface area contributed by atoms with Gasteiger partial charge in [-0.15, -0.1) is 24.0 Å². The lowest BCUT2D eigenvalue weighted by Gasteiger charge is -2.22. The first-order valence-corrected chi connectivity index (χ1v) is 8.30. The van der Waals surface area contributed by atoms with Crippen molar-refractivity contribution in [3.05, 3.63) is 59.7 Å². The van der Waals surface area contributed by atoms with Crippen LogP contribution in [0.2, 0.25) is 0 Å². The van der Waals surface area contributed by atoms with E-state index in [1.54, 1.807) is 25.2 Å². The first kappa shape index (κ1) is 22.1. The van der Waals surface area contributed by atoms with Gasteiger partial charge in [0, 0.05) is 33.0 Å². The Hall–Kier alpha value is -1.90. The third kappa shape index (κ3) is 6.78. The summed E-state index contributed by atoms with van der Waals surface area (Å²) in [7, 11) is 3.67. The highest BCUT2D eigenvalue weighted by Crippen LogP contribution is 2.15. The highest BCUT2D eigenvalue weighted by atomic mass is 127. The molecule has 2 rings (SSSR count). The molecule has 5 nitrogen and oxygen atoms in total. The number of hydrogen-bond donors (Lipinski definition) is 1. The van der Waals surface area contributed by atoms with Gasteiger partial charge < -0.3 is 15.0 Å². The van der Waals surface area contributed by atoms with E-state index in [9.17, 15) is 4.39 Å². The van der Waals surface area contributed by atoms with Crippen molar-refractivity contribution in [2.45, 2.75) is 13.3 Å². The molecule has 26 heavy (non-hydrogen) atoms. The minimum absolute atomic E-state index is 0. The smallest absolute Gasteiger partial charge is 0.193 e. The van der Waals surface area contributed by atoms with Crippen molar-refractivity contribution in [3.63, 3.8) is 0 Å². The standard InChI is InChI=1S/C19H25FN4O.HI/c1-15-14-22-10-8-16(15)9-11-23-19(21-2)24(3)12-13-25-18-7-5-4-6-17(18)20;/h4-8,10,14H,9,11-13H2,1-3H3,(H,21,23);1H. The van der Waals surface area contributed by atoms with Gasteiger partial charge in [-0.3, -0.25) is 9.98 Å². The topological polar surface area (TPSA) is 49.8 Å². The Bertz CT molecular complexity index is 711. The van der Waals surface area contributed by atoms with Gasteiger partial charge in [0.05, 0.1) is 6.54 Å². The fraction of sp³-hybridized carbons (Fsp3) is 0.368. The van der Waals surface area contributed by atoms with Gasteiger partial charge in [-0.05, 0) is 42.7 Å². The molecule has 0 unspecified atom stereocenters. The van der Waals surface area contributed by atoms with Crippen molar-refractivity contribution in [2.75, 3.05) is 33.8 Å². The van der Waals surface area contributed by atoms with Gasteiger partial charge in [-0.25, -0.2) is 4.39 Å². The van der Waals surface area contributed by atoms with Crippen LogP contribution >= 0.6 is 24.0 Å². The SMILES string of the molecule is CN=C(NCCc1ccncc1C)N(C)CCOc1ccccc1F.I. The van der Waals surface area contributed by atoms with Gasteiger partial charge in [0.2, 0.25) is 0 Å². The molecule has 0 aliphatic heterocycles. The predicted octanol–water partition coefficient (Wildman–Crippen LogP) is 3.28. The second-order valence-electron chi connectivity index (χ2n) is 5.73. The molecule has 0 aliphatic rings. The quantitative estimate of drug-likeness (QED) is 0.382. The highest BCUT2D eigenvalue weighted by molar-refractivity contribution is 14.0. The van der Waals surface area contributed by atoms with Crippen molar-refractivity contribution in [1.29, 1.82) is 0 Å². The largest absolute Gasteiger partial charge is 0.489 e. The summed E-state index contributed by atoms with van der Waals surface area (Å²) >= 11 is 0. The van der Waals surface area contributed by atoms with Crippen molar-refractivity contribution in [2.24, 2.45) is 4.99 Å². The predicted molar refractivity (Wildman–Crippen MR) is 114 cm³/mol. The Morgan fingerprint density at radius 3 is 2.77 bits per heavy atom. The van der Waals surface area contributed by atoms with E-state index in [-0.39, 0.29) is 35.5 Å². The summed E-state index contributed by atoms with van der Waals surface area (Å²) in [5, 5.41) is 3.33. The van der Waals surface area contributed by atoms with Crippen molar-refractivity contribution >= 4 is 29.9 Å².